The Kier molecular flexibility index (Phi) is 30.6. The summed E-state index contributed by atoms with van der Waals surface area (Å²) in [5, 5.41) is 104. The van der Waals surface area contributed by atoms with Crippen LogP contribution in [-0.4, -0.2) is 264 Å². The Hall–Kier alpha value is -16.8. The highest BCUT2D eigenvalue weighted by Crippen LogP contribution is 2.43. The summed E-state index contributed by atoms with van der Waals surface area (Å²) in [5.41, 5.74) is 14.9. The lowest BCUT2D eigenvalue weighted by atomic mass is 9.86. The molecule has 2 aliphatic heterocycles. The van der Waals surface area contributed by atoms with Crippen molar-refractivity contribution in [3.05, 3.63) is 270 Å². The quantitative estimate of drug-likeness (QED) is 0.0285. The number of carbonyl (C=O) groups excluding carboxylic acids is 1. The number of aliphatic hydroxyl groups is 1. The van der Waals surface area contributed by atoms with Crippen molar-refractivity contribution in [1.29, 1.82) is 0 Å². The molecule has 10 aromatic heterocycles. The van der Waals surface area contributed by atoms with E-state index in [1.165, 1.54) is 61.5 Å². The van der Waals surface area contributed by atoms with Gasteiger partial charge in [-0.15, -0.1) is 61.2 Å². The number of nitrogens with one attached hydrogen (secondary N) is 7. The molecule has 142 heavy (non-hydrogen) atoms. The van der Waals surface area contributed by atoms with E-state index in [0.717, 1.165) is 114 Å². The number of aryl methyl sites for hydroxylation is 3. The third-order valence-corrected chi connectivity index (χ3v) is 27.6. The molecule has 2 aliphatic rings. The van der Waals surface area contributed by atoms with Crippen LogP contribution in [-0.2, 0) is 73.5 Å². The summed E-state index contributed by atoms with van der Waals surface area (Å²) in [5.74, 6) is 2.17. The van der Waals surface area contributed by atoms with Crippen LogP contribution in [0.25, 0.3) is 113 Å². The van der Waals surface area contributed by atoms with E-state index >= 15 is 0 Å². The zero-order valence-electron chi connectivity index (χ0n) is 76.4. The van der Waals surface area contributed by atoms with Gasteiger partial charge in [-0.3, -0.25) is 0 Å². The van der Waals surface area contributed by atoms with Crippen LogP contribution < -0.4 is 10.1 Å². The number of hydrogen-bond donors (Lipinski definition) is 9. The maximum Gasteiger partial charge on any atom is 0.337 e. The number of hydrogen-bond acceptors (Lipinski definition) is 38. The summed E-state index contributed by atoms with van der Waals surface area (Å²) in [6, 6.07) is 57.1. The molecule has 2 unspecified atom stereocenters. The number of tetrazole rings is 6. The number of aromatic carboxylic acids is 1. The summed E-state index contributed by atoms with van der Waals surface area (Å²) in [4.78, 5) is 39.0. The zero-order chi connectivity index (χ0) is 101. The number of imidazole rings is 1. The minimum Gasteiger partial charge on any atom is -0.478 e. The summed E-state index contributed by atoms with van der Waals surface area (Å²) in [6.45, 7) is 6.87. The lowest BCUT2D eigenvalue weighted by molar-refractivity contribution is 0.0599. The van der Waals surface area contributed by atoms with Crippen molar-refractivity contribution in [1.82, 2.24) is 154 Å². The predicted molar refractivity (Wildman–Crippen MR) is 512 cm³/mol. The Bertz CT molecular complexity index is 8080. The number of carbonyl (C=O) groups is 2. The average molecular weight is 2020 g/mol. The first-order valence-corrected chi connectivity index (χ1v) is 52.1. The number of carboxylic acid groups (broad SMARTS) is 1. The Morgan fingerprint density at radius 3 is 1.25 bits per heavy atom. The molecule has 51 heteroatoms. The number of sulfone groups is 5. The number of nitrogens with zero attached hydrogens (tertiary/aromatic N) is 23. The van der Waals surface area contributed by atoms with Gasteiger partial charge < -0.3 is 29.6 Å². The highest BCUT2D eigenvalue weighted by molar-refractivity contribution is 7.92. The monoisotopic (exact) mass is 2010 g/mol. The number of ether oxygens (including phenoxy) is 2. The normalized spacial score (nSPS) is 13.4. The van der Waals surface area contributed by atoms with Crippen molar-refractivity contribution in [2.24, 2.45) is 0 Å². The summed E-state index contributed by atoms with van der Waals surface area (Å²) in [6.07, 6.45) is 16.3. The van der Waals surface area contributed by atoms with Gasteiger partial charge in [-0.25, -0.2) is 71.6 Å². The van der Waals surface area contributed by atoms with Crippen LogP contribution in [0.2, 0.25) is 0 Å². The largest absolute Gasteiger partial charge is 0.478 e. The highest BCUT2D eigenvalue weighted by atomic mass is 32.2. The predicted octanol–water partition coefficient (Wildman–Crippen LogP) is 9.46. The van der Waals surface area contributed by atoms with E-state index in [2.05, 4.69) is 170 Å². The molecule has 0 bridgehead atoms. The second-order valence-corrected chi connectivity index (χ2v) is 41.8. The molecular weight excluding hydrogens is 1930 g/mol. The first kappa shape index (κ1) is 99.7. The maximum atomic E-state index is 12.3. The fraction of sp³-hybridized carbons (Fsp3) is 0.187. The van der Waals surface area contributed by atoms with Gasteiger partial charge in [-0.2, -0.15) is 31.3 Å². The number of pyridine rings is 3. The fourth-order valence-electron chi connectivity index (χ4n) is 15.6. The Morgan fingerprint density at radius 2 is 0.838 bits per heavy atom. The number of aromatic amines is 6. The highest BCUT2D eigenvalue weighted by Gasteiger charge is 2.32. The van der Waals surface area contributed by atoms with Crippen LogP contribution in [0.15, 0.2) is 250 Å². The Labute approximate surface area is 809 Å². The number of carboxylic acids is 1. The van der Waals surface area contributed by atoms with E-state index in [1.54, 1.807) is 103 Å². The van der Waals surface area contributed by atoms with E-state index in [-0.39, 0.29) is 77.4 Å². The van der Waals surface area contributed by atoms with Gasteiger partial charge >= 0.3 is 11.9 Å². The lowest BCUT2D eigenvalue weighted by Crippen LogP contribution is -2.18. The SMILES string of the molecule is COC(=O)c1ccc(-c2ccnc(S(C)(=O)=O)c2-c2nn[nH]n2)cc1.CS(=O)(=O)c1cccc(-c2ccc(C3CCNC3)cc2)c1-c1nn[nH]n1.CS(=O)(=O)c1cccc(C2CCn3cncc3C2)c1-c1nn[nH]n1.CS(=O)(=O)c1nccc(-c2ccc(C(=O)O)cc2)c1-c1nn[nH]n1.CS(=O)(=O)c1nccc(-c2ccc(CO)cc2)c1-c1nn[nH]n1.Cc1ccc(Oc2cccc(C)c2-c2nn[nH]n2)cc1. The molecule has 8 aromatic carbocycles. The molecule has 9 N–H and O–H groups in total. The van der Waals surface area contributed by atoms with E-state index < -0.39 is 61.1 Å². The molecule has 46 nitrogen and oxygen atoms in total. The molecule has 1 fully saturated rings. The number of benzene rings is 8. The molecule has 0 amide bonds. The van der Waals surface area contributed by atoms with Gasteiger partial charge in [0.25, 0.3) is 0 Å². The molecule has 0 aliphatic carbocycles. The lowest BCUT2D eigenvalue weighted by Gasteiger charge is -2.26. The van der Waals surface area contributed by atoms with Crippen LogP contribution in [0.5, 0.6) is 11.5 Å². The zero-order valence-corrected chi connectivity index (χ0v) is 80.5. The first-order valence-electron chi connectivity index (χ1n) is 42.6. The Balaban J connectivity index is 0.000000129. The van der Waals surface area contributed by atoms with Gasteiger partial charge in [-0.05, 0) is 222 Å². The van der Waals surface area contributed by atoms with E-state index in [1.807, 2.05) is 93.1 Å². The van der Waals surface area contributed by atoms with E-state index in [9.17, 15) is 51.7 Å². The van der Waals surface area contributed by atoms with E-state index in [4.69, 9.17) is 14.9 Å². The number of esters is 1. The molecule has 12 heterocycles. The van der Waals surface area contributed by atoms with Gasteiger partial charge in [0.15, 0.2) is 64.3 Å². The number of aromatic nitrogens is 29. The van der Waals surface area contributed by atoms with Crippen LogP contribution >= 0.6 is 0 Å². The summed E-state index contributed by atoms with van der Waals surface area (Å²) in [7, 11) is -16.4. The van der Waals surface area contributed by atoms with Crippen LogP contribution in [0, 0.1) is 13.8 Å². The van der Waals surface area contributed by atoms with Crippen LogP contribution in [0.1, 0.15) is 78.9 Å². The van der Waals surface area contributed by atoms with Gasteiger partial charge in [0.05, 0.1) is 63.2 Å². The third-order valence-electron chi connectivity index (χ3n) is 22.3. The second kappa shape index (κ2) is 43.5. The standard InChI is InChI=1S/C18H19N5O2S.C15H16N6O2S.C15H13N5O4S.C15H14N4O.C14H11N5O4S.C14H13N5O3S/c1-26(24,25)16-4-2-3-15(17(16)18-20-22-23-21-18)13-7-5-12(6-8-13)14-9-10-19-11-14;1-24(22,23)13-4-2-3-12(14(13)15-17-19-20-18-15)10-5-6-21-9-16-8-11(21)7-10;1-24-15(21)10-5-3-9(4-6-10)11-7-8-16-14(25(2,22)23)12(11)13-17-19-20-18-13;1-10-6-8-12(9-7-10)20-13-5-3-4-11(2)14(13)15-16-18-19-17-15;1-24(22,23)13-11(12-16-18-19-17-12)10(6-7-15-13)8-2-4-9(5-3-8)14(20)21;1-23(21,22)14-12(13-16-18-19-17-13)11(6-7-15-14)10-4-2-9(8-20)3-5-10/h2-8,14,19H,9-11H2,1H3,(H,20,21,22,23);2-4,8-10H,5-7H2,1H3,(H,17,18,19,20);3-8H,1-2H3,(H,17,18,19,20);3-9H,1-2H3,(H,16,17,18,19);2-7H,1H3,(H,20,21)(H,16,17,18,19);2-7,20H,8H2,1H3,(H,16,17,18,19). The van der Waals surface area contributed by atoms with Crippen molar-refractivity contribution in [2.75, 3.05) is 51.5 Å². The van der Waals surface area contributed by atoms with Crippen molar-refractivity contribution in [3.8, 4) is 124 Å². The minimum atomic E-state index is -3.64. The summed E-state index contributed by atoms with van der Waals surface area (Å²) < 4.78 is 134. The third kappa shape index (κ3) is 23.6. The van der Waals surface area contributed by atoms with Gasteiger partial charge in [0.2, 0.25) is 34.9 Å². The minimum absolute atomic E-state index is 0.0666. The molecule has 0 spiro atoms. The molecule has 726 valence electrons. The summed E-state index contributed by atoms with van der Waals surface area (Å²) >= 11 is 0. The molecule has 1 saturated heterocycles. The van der Waals surface area contributed by atoms with Gasteiger partial charge in [-0.1, -0.05) is 127 Å². The van der Waals surface area contributed by atoms with Crippen LogP contribution in [0.3, 0.4) is 0 Å². The molecule has 20 rings (SSSR count). The van der Waals surface area contributed by atoms with Crippen LogP contribution in [0.4, 0.5) is 0 Å². The second-order valence-electron chi connectivity index (χ2n) is 32.0. The van der Waals surface area contributed by atoms with E-state index in [0.29, 0.717) is 67.6 Å². The first-order chi connectivity index (χ1) is 68.1. The number of H-pyrrole nitrogens is 6. The maximum absolute atomic E-state index is 12.3. The molecule has 2 atom stereocenters. The van der Waals surface area contributed by atoms with Crippen molar-refractivity contribution in [3.63, 3.8) is 0 Å². The molecule has 18 aromatic rings. The van der Waals surface area contributed by atoms with Gasteiger partial charge in [0, 0.05) is 86.0 Å². The number of rotatable bonds is 22. The van der Waals surface area contributed by atoms with Crippen molar-refractivity contribution < 1.29 is 71.4 Å². The van der Waals surface area contributed by atoms with Crippen molar-refractivity contribution >= 4 is 61.1 Å². The topological polar surface area (TPSA) is 659 Å². The number of fused-ring (bicyclic) bond motifs is 1. The average Bonchev–Trinajstić information content (AvgIpc) is 1.41. The fourth-order valence-corrected chi connectivity index (χ4v) is 19.9. The molecule has 0 saturated carbocycles. The molecule has 0 radical (unpaired) electrons. The Morgan fingerprint density at radius 1 is 0.430 bits per heavy atom. The number of aliphatic hydroxyl groups excluding tert-OH is 1. The number of methoxy groups -OCH3 is 1. The molecular formula is C91H86N30O16S5. The van der Waals surface area contributed by atoms with Crippen molar-refractivity contribution in [2.45, 2.75) is 83.0 Å². The smallest absolute Gasteiger partial charge is 0.337 e. The van der Waals surface area contributed by atoms with Gasteiger partial charge in [0.1, 0.15) is 11.5 Å².